The van der Waals surface area contributed by atoms with Gasteiger partial charge in [-0.25, -0.2) is 32.6 Å². The summed E-state index contributed by atoms with van der Waals surface area (Å²) in [6.45, 7) is 11.4. The number of nitrogens with two attached hydrogens (primary N) is 2. The van der Waals surface area contributed by atoms with Crippen LogP contribution in [0.1, 0.15) is 207 Å². The van der Waals surface area contributed by atoms with Gasteiger partial charge in [-0.05, 0) is 172 Å². The fourth-order valence-electron chi connectivity index (χ4n) is 15.2. The number of fused-ring (bicyclic) bond motifs is 1. The van der Waals surface area contributed by atoms with Crippen LogP contribution in [0.4, 0.5) is 0 Å². The van der Waals surface area contributed by atoms with E-state index < -0.39 is 216 Å². The number of carboxylic acid groups (broad SMARTS) is 1. The molecule has 1 fully saturated rings. The Labute approximate surface area is 764 Å². The highest BCUT2D eigenvalue weighted by molar-refractivity contribution is 6.42. The van der Waals surface area contributed by atoms with Gasteiger partial charge in [0, 0.05) is 49.8 Å². The fourth-order valence-corrected chi connectivity index (χ4v) is 15.2. The number of carbonyl (C=O) groups is 17. The van der Waals surface area contributed by atoms with Crippen LogP contribution in [0.25, 0.3) is 10.9 Å². The van der Waals surface area contributed by atoms with Gasteiger partial charge in [0.15, 0.2) is 34.7 Å². The first-order valence-electron chi connectivity index (χ1n) is 45.3. The normalized spacial score (nSPS) is 23.0. The van der Waals surface area contributed by atoms with Crippen LogP contribution in [0.15, 0.2) is 97.2 Å². The molecule has 15 atom stereocenters. The number of aliphatic hydroxyl groups excluding tert-OH is 2. The number of ketones is 10. The van der Waals surface area contributed by atoms with Crippen LogP contribution in [-0.2, 0) is 101 Å². The maximum atomic E-state index is 15.6. The Hall–Kier alpha value is -10.8. The molecule has 2 aliphatic rings. The number of hydrogen-bond acceptors (Lipinski definition) is 30. The van der Waals surface area contributed by atoms with Crippen molar-refractivity contribution in [1.82, 2.24) is 80.1 Å². The molecule has 1 saturated carbocycles. The van der Waals surface area contributed by atoms with Crippen LogP contribution in [0.5, 0.6) is 5.75 Å². The number of phenolic OH excluding ortho intramolecular Hbond substituents is 1. The number of carbonyl (C=O) groups excluding carboxylic acids is 16. The first kappa shape index (κ1) is 109. The molecule has 3 aromatic carbocycles. The summed E-state index contributed by atoms with van der Waals surface area (Å²) in [6.07, 6.45) is 5.46. The van der Waals surface area contributed by atoms with Crippen LogP contribution in [0.3, 0.4) is 0 Å². The zero-order valence-electron chi connectivity index (χ0n) is 76.6. The van der Waals surface area contributed by atoms with Crippen LogP contribution >= 0.6 is 0 Å². The summed E-state index contributed by atoms with van der Waals surface area (Å²) in [6, 6.07) is 4.73. The number of hydrogen-bond donors (Lipinski definition) is 21. The lowest BCUT2D eigenvalue weighted by Gasteiger charge is -2.35. The second-order valence-electron chi connectivity index (χ2n) is 35.3. The lowest BCUT2D eigenvalue weighted by atomic mass is 9.80. The molecule has 1 aliphatic heterocycles. The van der Waals surface area contributed by atoms with Gasteiger partial charge < -0.3 is 79.4 Å². The summed E-state index contributed by atoms with van der Waals surface area (Å²) >= 11 is 0. The van der Waals surface area contributed by atoms with Gasteiger partial charge in [-0.15, -0.1) is 0 Å². The SMILES string of the molecule is CC(=O)N[C@@H](CC(C)C)C(=O)N[C@H](C(=O)C(=O)[C@H](Cc1ccccc1)NN[C@]1(C)CCCCCC/C=C/CCC[C@@](C)(C(=O)N[C@@H](CO)C(=O)CN[C@@H](C)C(=O)CCN[C@@H](C)C(=O)CN)NC(=O)[C@H](CC2CCC2)NN[C@@H](CCC(N)=O)C(=O)CN[C@@H](C)C(=O)CC(=O)[C@H](Cc2c[nH]c3ccccc23)NN[C@@H](Cc2ccc(O)cc2)C(=O)C(=O)[C@H](CCC(=O)O)NC1=O)[C@@H](C)O. The van der Waals surface area contributed by atoms with Crippen LogP contribution in [0.2, 0.25) is 0 Å². The molecular formula is C93H137N17O21. The number of aromatic amines is 1. The van der Waals surface area contributed by atoms with Crippen LogP contribution in [-0.4, -0.2) is 247 Å². The number of H-pyrrole nitrogens is 1. The lowest BCUT2D eigenvalue weighted by molar-refractivity contribution is -0.143. The fraction of sp³-hybridized carbons (Fsp3) is 0.581. The molecule has 1 aromatic heterocycles. The Morgan fingerprint density at radius 2 is 1.25 bits per heavy atom. The molecule has 6 amide bonds. The first-order valence-corrected chi connectivity index (χ1v) is 45.3. The smallest absolute Gasteiger partial charge is 0.303 e. The minimum atomic E-state index is -1.95. The molecule has 0 radical (unpaired) electrons. The van der Waals surface area contributed by atoms with Crippen molar-refractivity contribution >= 4 is 110 Å². The number of para-hydroxylation sites is 1. The summed E-state index contributed by atoms with van der Waals surface area (Å²) in [4.78, 5) is 243. The second kappa shape index (κ2) is 54.9. The number of Topliss-reactive ketones (excluding diaryl/α,β-unsaturated/α-hetero) is 10. The third-order valence-corrected chi connectivity index (χ3v) is 23.8. The number of aromatic nitrogens is 1. The van der Waals surface area contributed by atoms with Crippen molar-refractivity contribution in [2.24, 2.45) is 23.3 Å². The van der Waals surface area contributed by atoms with Crippen molar-refractivity contribution in [1.29, 1.82) is 0 Å². The largest absolute Gasteiger partial charge is 0.508 e. The van der Waals surface area contributed by atoms with E-state index in [1.165, 1.54) is 65.8 Å². The van der Waals surface area contributed by atoms with Crippen molar-refractivity contribution in [2.75, 3.05) is 32.8 Å². The molecule has 0 bridgehead atoms. The summed E-state index contributed by atoms with van der Waals surface area (Å²) in [5.74, 6) is -14.9. The van der Waals surface area contributed by atoms with Crippen molar-refractivity contribution in [2.45, 2.75) is 300 Å². The Morgan fingerprint density at radius 1 is 0.618 bits per heavy atom. The number of allylic oxidation sites excluding steroid dienone is 2. The van der Waals surface area contributed by atoms with E-state index in [9.17, 15) is 82.8 Å². The predicted molar refractivity (Wildman–Crippen MR) is 487 cm³/mol. The lowest BCUT2D eigenvalue weighted by Crippen LogP contribution is -2.66. The third kappa shape index (κ3) is 36.4. The number of nitrogens with one attached hydrogen (secondary N) is 15. The standard InChI is InChI=1S/C93H137N17O21/c1-54(2)43-72(100-59(7)113)88(128)103-83(58(6)112)87(127)86(126)71(44-60-25-18-17-19-26-60)109-110-93(9)41-23-16-14-12-10-11-13-15-22-40-92(8,90(130)102-74(53-111)80(120)52-97-55(3)75(115)39-42-96-57(5)78(118)49-94)104-89(129)73(46-61-27-24-28-61)108-105-67(35-37-81(95)121)79(119)51-98-56(4)76(116)48-77(117)69(47-63-50-99-66-30-21-20-29-65(63)66)106-107-70(45-62-31-33-64(114)34-32-62)85(125)84(124)68(101-91(93)131)36-38-82(122)123/h11,13,17-21,25-26,29-34,50,54-58,61,67-74,83,96-99,105-112,114H,10,12,14-16,22-24,27-28,35-49,51-53,94H2,1-9H3,(H2,95,121)(H,100,113)(H,101,131)(H,102,130)(H,103,128)(H,104,129)(H,122,123)/b13-11+/t55-,56-,57-,58+,67-,68-,69-,70-,71-,72-,73-,74-,83-,92-,93+/m0/s1. The zero-order valence-corrected chi connectivity index (χ0v) is 76.6. The summed E-state index contributed by atoms with van der Waals surface area (Å²) in [5.41, 5.74) is 27.0. The molecule has 131 heavy (non-hydrogen) atoms. The minimum Gasteiger partial charge on any atom is -0.508 e. The molecule has 0 spiro atoms. The van der Waals surface area contributed by atoms with Crippen molar-refractivity contribution < 1.29 is 102 Å². The number of phenols is 1. The molecule has 0 unspecified atom stereocenters. The molecule has 1 aliphatic carbocycles. The van der Waals surface area contributed by atoms with Gasteiger partial charge in [0.1, 0.15) is 41.0 Å². The van der Waals surface area contributed by atoms with Gasteiger partial charge in [0.05, 0.1) is 87.1 Å². The average molecular weight is 1830 g/mol. The van der Waals surface area contributed by atoms with Crippen molar-refractivity contribution in [3.05, 3.63) is 114 Å². The van der Waals surface area contributed by atoms with Gasteiger partial charge in [-0.2, -0.15) is 0 Å². The second-order valence-corrected chi connectivity index (χ2v) is 35.3. The molecule has 38 nitrogen and oxygen atoms in total. The molecule has 38 heteroatoms. The minimum absolute atomic E-state index is 0.00317. The molecule has 720 valence electrons. The third-order valence-electron chi connectivity index (χ3n) is 23.8. The van der Waals surface area contributed by atoms with Crippen LogP contribution in [0, 0.1) is 11.8 Å². The maximum absolute atomic E-state index is 15.6. The van der Waals surface area contributed by atoms with Gasteiger partial charge in [0.2, 0.25) is 58.6 Å². The zero-order chi connectivity index (χ0) is 96.7. The molecule has 2 heterocycles. The summed E-state index contributed by atoms with van der Waals surface area (Å²) < 4.78 is 0. The van der Waals surface area contributed by atoms with E-state index in [1.54, 1.807) is 81.6 Å². The molecule has 0 saturated heterocycles. The Balaban J connectivity index is 1.40. The van der Waals surface area contributed by atoms with E-state index in [0.29, 0.717) is 59.7 Å². The number of amides is 6. The first-order chi connectivity index (χ1) is 62.2. The van der Waals surface area contributed by atoms with E-state index in [0.717, 1.165) is 19.3 Å². The predicted octanol–water partition coefficient (Wildman–Crippen LogP) is 0.804. The average Bonchev–Trinajstić information content (AvgIpc) is 1.81. The number of aliphatic carboxylic acids is 1. The Morgan fingerprint density at radius 3 is 1.89 bits per heavy atom. The maximum Gasteiger partial charge on any atom is 0.303 e. The highest BCUT2D eigenvalue weighted by Gasteiger charge is 2.44. The van der Waals surface area contributed by atoms with Crippen molar-refractivity contribution in [3.8, 4) is 5.75 Å². The van der Waals surface area contributed by atoms with Gasteiger partial charge in [-0.3, -0.25) is 81.5 Å². The van der Waals surface area contributed by atoms with Crippen LogP contribution < -0.4 is 86.6 Å². The van der Waals surface area contributed by atoms with Crippen molar-refractivity contribution in [3.63, 3.8) is 0 Å². The topological polar surface area (TPSA) is 607 Å². The number of hydrazine groups is 3. The number of aromatic hydroxyl groups is 1. The van der Waals surface area contributed by atoms with Gasteiger partial charge in [-0.1, -0.05) is 125 Å². The van der Waals surface area contributed by atoms with E-state index in [1.807, 2.05) is 12.2 Å². The summed E-state index contributed by atoms with van der Waals surface area (Å²) in [5, 5.41) is 64.9. The molecular weight excluding hydrogens is 1690 g/mol. The Kier molecular flexibility index (Phi) is 45.7. The van der Waals surface area contributed by atoms with Gasteiger partial charge in [0.25, 0.3) is 0 Å². The number of benzene rings is 3. The van der Waals surface area contributed by atoms with Gasteiger partial charge >= 0.3 is 5.97 Å². The Bertz CT molecular complexity index is 4580. The number of primary amides is 1. The summed E-state index contributed by atoms with van der Waals surface area (Å²) in [7, 11) is 0. The number of carboxylic acids is 1. The molecule has 6 rings (SSSR count). The van der Waals surface area contributed by atoms with E-state index in [2.05, 4.69) is 80.1 Å². The quantitative estimate of drug-likeness (QED) is 0.0127. The number of aliphatic hydroxyl groups is 2. The highest BCUT2D eigenvalue weighted by Crippen LogP contribution is 2.31. The van der Waals surface area contributed by atoms with E-state index >= 15 is 19.2 Å². The van der Waals surface area contributed by atoms with E-state index in [4.69, 9.17) is 11.5 Å². The number of rotatable bonds is 40. The van der Waals surface area contributed by atoms with E-state index in [-0.39, 0.29) is 119 Å². The highest BCUT2D eigenvalue weighted by atomic mass is 16.4. The monoisotopic (exact) mass is 1830 g/mol. The molecule has 4 aromatic rings. The molecule has 23 N–H and O–H groups in total.